The van der Waals surface area contributed by atoms with E-state index in [0.29, 0.717) is 23.5 Å². The van der Waals surface area contributed by atoms with E-state index in [-0.39, 0.29) is 10.8 Å². The van der Waals surface area contributed by atoms with Crippen LogP contribution in [-0.2, 0) is 6.42 Å². The quantitative estimate of drug-likeness (QED) is 0.201. The molecular weight excluding hydrogens is 547 g/mol. The standard InChI is InChI=1S/C31H39IO3/c1-29-20-26(21-5-9-24(10-6-21)35-18-4-2-3-17-32)28-25-11-8-23(33)19-22(25)7-12-27(28)30(29)13-15-31(29,34)16-14-30/h5-6,8-11,19,26-28,33-34H,2-4,7,12-18,20H2,1H3/t26-,27-,28+,29+,30?,31?/m1/s1. The van der Waals surface area contributed by atoms with Crippen LogP contribution in [0.2, 0.25) is 0 Å². The molecule has 0 spiro atoms. The Labute approximate surface area is 223 Å². The minimum Gasteiger partial charge on any atom is -0.508 e. The Hall–Kier alpha value is -1.27. The maximum Gasteiger partial charge on any atom is 0.119 e. The van der Waals surface area contributed by atoms with Crippen molar-refractivity contribution in [2.75, 3.05) is 11.0 Å². The maximum absolute atomic E-state index is 11.8. The number of fused-ring (bicyclic) bond motifs is 3. The first-order chi connectivity index (χ1) is 16.9. The van der Waals surface area contributed by atoms with Crippen molar-refractivity contribution in [3.63, 3.8) is 0 Å². The molecule has 6 rings (SSSR count). The average Bonchev–Trinajstić information content (AvgIpc) is 3.23. The van der Waals surface area contributed by atoms with E-state index in [2.05, 4.69) is 59.8 Å². The van der Waals surface area contributed by atoms with E-state index in [4.69, 9.17) is 4.74 Å². The highest BCUT2D eigenvalue weighted by Gasteiger charge is 2.74. The first-order valence-electron chi connectivity index (χ1n) is 13.7. The fourth-order valence-corrected chi connectivity index (χ4v) is 9.61. The molecule has 4 aliphatic rings. The van der Waals surface area contributed by atoms with E-state index < -0.39 is 5.60 Å². The van der Waals surface area contributed by atoms with Gasteiger partial charge in [-0.2, -0.15) is 0 Å². The van der Waals surface area contributed by atoms with Gasteiger partial charge in [-0.25, -0.2) is 0 Å². The molecule has 2 aromatic rings. The topological polar surface area (TPSA) is 49.7 Å². The van der Waals surface area contributed by atoms with Crippen LogP contribution >= 0.6 is 22.6 Å². The van der Waals surface area contributed by atoms with Crippen LogP contribution in [0.1, 0.15) is 93.2 Å². The first kappa shape index (κ1) is 24.1. The summed E-state index contributed by atoms with van der Waals surface area (Å²) in [6.45, 7) is 3.21. The first-order valence-corrected chi connectivity index (χ1v) is 15.3. The third-order valence-electron chi connectivity index (χ3n) is 10.9. The normalized spacial score (nSPS) is 36.9. The number of aromatic hydroxyl groups is 1. The third-order valence-corrected chi connectivity index (χ3v) is 11.6. The van der Waals surface area contributed by atoms with Crippen LogP contribution in [0.15, 0.2) is 42.5 Å². The van der Waals surface area contributed by atoms with E-state index in [0.717, 1.165) is 44.5 Å². The number of unbranched alkanes of at least 4 members (excludes halogenated alkanes) is 2. The third kappa shape index (κ3) is 3.59. The molecule has 2 N–H and O–H groups in total. The van der Waals surface area contributed by atoms with Crippen LogP contribution in [-0.4, -0.2) is 26.8 Å². The van der Waals surface area contributed by atoms with Gasteiger partial charge in [0.1, 0.15) is 11.5 Å². The van der Waals surface area contributed by atoms with Crippen molar-refractivity contribution in [2.24, 2.45) is 16.7 Å². The van der Waals surface area contributed by atoms with Crippen LogP contribution < -0.4 is 4.74 Å². The van der Waals surface area contributed by atoms with Gasteiger partial charge in [0.05, 0.1) is 12.2 Å². The zero-order chi connectivity index (χ0) is 24.3. The number of aryl methyl sites for hydroxylation is 1. The van der Waals surface area contributed by atoms with Crippen molar-refractivity contribution in [1.82, 2.24) is 0 Å². The Morgan fingerprint density at radius 1 is 1.00 bits per heavy atom. The lowest BCUT2D eigenvalue weighted by atomic mass is 9.45. The number of phenols is 1. The smallest absolute Gasteiger partial charge is 0.119 e. The van der Waals surface area contributed by atoms with Crippen molar-refractivity contribution in [1.29, 1.82) is 0 Å². The van der Waals surface area contributed by atoms with Gasteiger partial charge in [-0.1, -0.05) is 47.7 Å². The fourth-order valence-electron chi connectivity index (χ4n) is 9.07. The van der Waals surface area contributed by atoms with Crippen molar-refractivity contribution < 1.29 is 14.9 Å². The summed E-state index contributed by atoms with van der Waals surface area (Å²) in [6.07, 6.45) is 11.1. The molecule has 35 heavy (non-hydrogen) atoms. The minimum atomic E-state index is -0.507. The van der Waals surface area contributed by atoms with E-state index in [9.17, 15) is 10.2 Å². The van der Waals surface area contributed by atoms with Gasteiger partial charge in [-0.05, 0) is 133 Å². The van der Waals surface area contributed by atoms with Crippen LogP contribution in [0.4, 0.5) is 0 Å². The predicted molar refractivity (Wildman–Crippen MR) is 149 cm³/mol. The number of hydrogen-bond donors (Lipinski definition) is 2. The molecule has 0 aliphatic heterocycles. The molecule has 0 heterocycles. The average molecular weight is 587 g/mol. The Kier molecular flexibility index (Phi) is 6.15. The lowest BCUT2D eigenvalue weighted by Crippen LogP contribution is -2.54. The summed E-state index contributed by atoms with van der Waals surface area (Å²) in [6, 6.07) is 15.0. The van der Waals surface area contributed by atoms with Gasteiger partial charge in [0.15, 0.2) is 0 Å². The molecule has 4 aliphatic carbocycles. The second kappa shape index (κ2) is 8.93. The summed E-state index contributed by atoms with van der Waals surface area (Å²) < 4.78 is 7.27. The zero-order valence-corrected chi connectivity index (χ0v) is 23.1. The predicted octanol–water partition coefficient (Wildman–Crippen LogP) is 7.52. The number of benzene rings is 2. The summed E-state index contributed by atoms with van der Waals surface area (Å²) in [7, 11) is 0. The highest BCUT2D eigenvalue weighted by Crippen LogP contribution is 2.79. The van der Waals surface area contributed by atoms with Crippen molar-refractivity contribution >= 4 is 22.6 Å². The molecule has 2 aromatic carbocycles. The highest BCUT2D eigenvalue weighted by atomic mass is 127. The molecule has 3 nitrogen and oxygen atoms in total. The molecule has 4 heteroatoms. The Bertz CT molecular complexity index is 1070. The SMILES string of the molecule is C[C@]12C[C@H](c3ccc(OCCCCCI)cc3)[C@@H]3c4ccc(O)cc4CC[C@H]3C13CCC2(O)CC3. The molecule has 0 radical (unpaired) electrons. The van der Waals surface area contributed by atoms with Gasteiger partial charge in [-0.3, -0.25) is 0 Å². The molecule has 4 atom stereocenters. The molecule has 188 valence electrons. The second-order valence-electron chi connectivity index (χ2n) is 12.1. The monoisotopic (exact) mass is 586 g/mol. The summed E-state index contributed by atoms with van der Waals surface area (Å²) in [5.74, 6) is 2.77. The summed E-state index contributed by atoms with van der Waals surface area (Å²) >= 11 is 2.44. The largest absolute Gasteiger partial charge is 0.508 e. The lowest BCUT2D eigenvalue weighted by molar-refractivity contribution is -0.108. The van der Waals surface area contributed by atoms with Crippen LogP contribution in [0.5, 0.6) is 11.5 Å². The molecule has 3 fully saturated rings. The lowest BCUT2D eigenvalue weighted by Gasteiger charge is -2.59. The van der Waals surface area contributed by atoms with Gasteiger partial charge in [0, 0.05) is 5.41 Å². The van der Waals surface area contributed by atoms with Crippen LogP contribution in [0.25, 0.3) is 0 Å². The van der Waals surface area contributed by atoms with Gasteiger partial charge >= 0.3 is 0 Å². The van der Waals surface area contributed by atoms with Crippen molar-refractivity contribution in [2.45, 2.75) is 88.6 Å². The van der Waals surface area contributed by atoms with Gasteiger partial charge in [-0.15, -0.1) is 0 Å². The number of halogens is 1. The Morgan fingerprint density at radius 2 is 1.77 bits per heavy atom. The Balaban J connectivity index is 1.34. The number of alkyl halides is 1. The number of rotatable bonds is 7. The molecule has 3 saturated carbocycles. The Morgan fingerprint density at radius 3 is 2.51 bits per heavy atom. The number of aliphatic hydroxyl groups is 1. The maximum atomic E-state index is 11.8. The van der Waals surface area contributed by atoms with Crippen LogP contribution in [0, 0.1) is 16.7 Å². The molecular formula is C31H39IO3. The molecule has 2 bridgehead atoms. The van der Waals surface area contributed by atoms with Crippen LogP contribution in [0.3, 0.4) is 0 Å². The van der Waals surface area contributed by atoms with E-state index in [1.807, 2.05) is 12.1 Å². The van der Waals surface area contributed by atoms with Gasteiger partial charge in [0.25, 0.3) is 0 Å². The van der Waals surface area contributed by atoms with E-state index in [1.54, 1.807) is 0 Å². The summed E-state index contributed by atoms with van der Waals surface area (Å²) in [5.41, 5.74) is 3.87. The number of phenolic OH excluding ortho intramolecular Hbond substituents is 1. The molecule has 0 aromatic heterocycles. The fraction of sp³-hybridized carbons (Fsp3) is 0.613. The van der Waals surface area contributed by atoms with Crippen molar-refractivity contribution in [3.8, 4) is 11.5 Å². The minimum absolute atomic E-state index is 0.0198. The van der Waals surface area contributed by atoms with Gasteiger partial charge < -0.3 is 14.9 Å². The number of hydrogen-bond acceptors (Lipinski definition) is 3. The second-order valence-corrected chi connectivity index (χ2v) is 13.1. The molecule has 0 saturated heterocycles. The highest BCUT2D eigenvalue weighted by molar-refractivity contribution is 14.1. The zero-order valence-electron chi connectivity index (χ0n) is 20.9. The summed E-state index contributed by atoms with van der Waals surface area (Å²) in [4.78, 5) is 0. The summed E-state index contributed by atoms with van der Waals surface area (Å²) in [5, 5.41) is 22.0. The van der Waals surface area contributed by atoms with E-state index >= 15 is 0 Å². The van der Waals surface area contributed by atoms with E-state index in [1.165, 1.54) is 53.2 Å². The van der Waals surface area contributed by atoms with Gasteiger partial charge in [0.2, 0.25) is 0 Å². The molecule has 0 unspecified atom stereocenters. The molecule has 0 amide bonds. The number of ether oxygens (including phenoxy) is 1. The van der Waals surface area contributed by atoms with Crippen molar-refractivity contribution in [3.05, 3.63) is 59.2 Å².